The molecule has 2 heterocycles. The summed E-state index contributed by atoms with van der Waals surface area (Å²) in [5.74, 6) is 0.0932. The molecule has 0 spiro atoms. The van der Waals surface area contributed by atoms with E-state index in [-0.39, 0.29) is 17.5 Å². The quantitative estimate of drug-likeness (QED) is 0.744. The molecule has 0 unspecified atom stereocenters. The second-order valence-corrected chi connectivity index (χ2v) is 5.99. The molecule has 0 aliphatic carbocycles. The Morgan fingerprint density at radius 2 is 1.88 bits per heavy atom. The lowest BCUT2D eigenvalue weighted by Crippen LogP contribution is -2.21. The summed E-state index contributed by atoms with van der Waals surface area (Å²) in [5, 5.41) is 0.671. The molecule has 0 aliphatic rings. The van der Waals surface area contributed by atoms with Crippen molar-refractivity contribution in [1.82, 2.24) is 14.9 Å². The van der Waals surface area contributed by atoms with Gasteiger partial charge in [-0.1, -0.05) is 12.1 Å². The Morgan fingerprint density at radius 1 is 1.12 bits per heavy atom. The van der Waals surface area contributed by atoms with E-state index in [2.05, 4.69) is 9.97 Å². The number of rotatable bonds is 3. The number of carbonyl (C=O) groups excluding carboxylic acids is 2. The van der Waals surface area contributed by atoms with Crippen molar-refractivity contribution >= 4 is 28.4 Å². The van der Waals surface area contributed by atoms with Crippen molar-refractivity contribution in [2.45, 2.75) is 6.92 Å². The minimum Gasteiger partial charge on any atom is -0.382 e. The SMILES string of the molecule is CC(=O)c1cnc(N)c2nc(-c3cccc(C(=O)N(C)C)c3)ccc12. The van der Waals surface area contributed by atoms with Gasteiger partial charge in [0.1, 0.15) is 11.3 Å². The first-order chi connectivity index (χ1) is 11.9. The standard InChI is InChI=1S/C19H18N4O2/c1-11(24)15-10-21-18(20)17-14(15)7-8-16(22-17)12-5-4-6-13(9-12)19(25)23(2)3/h4-10H,1-3H3,(H2,20,21). The van der Waals surface area contributed by atoms with E-state index in [9.17, 15) is 9.59 Å². The van der Waals surface area contributed by atoms with Gasteiger partial charge in [0, 0.05) is 42.4 Å². The zero-order valence-corrected chi connectivity index (χ0v) is 14.3. The van der Waals surface area contributed by atoms with Gasteiger partial charge >= 0.3 is 0 Å². The van der Waals surface area contributed by atoms with Crippen molar-refractivity contribution in [2.75, 3.05) is 19.8 Å². The van der Waals surface area contributed by atoms with Gasteiger partial charge in [-0.3, -0.25) is 9.59 Å². The molecule has 0 bridgehead atoms. The summed E-state index contributed by atoms with van der Waals surface area (Å²) < 4.78 is 0. The highest BCUT2D eigenvalue weighted by molar-refractivity contribution is 6.08. The summed E-state index contributed by atoms with van der Waals surface area (Å²) in [7, 11) is 3.41. The Morgan fingerprint density at radius 3 is 2.56 bits per heavy atom. The lowest BCUT2D eigenvalue weighted by Gasteiger charge is -2.12. The number of hydrogen-bond donors (Lipinski definition) is 1. The number of fused-ring (bicyclic) bond motifs is 1. The highest BCUT2D eigenvalue weighted by atomic mass is 16.2. The molecule has 2 N–H and O–H groups in total. The van der Waals surface area contributed by atoms with Gasteiger partial charge in [-0.15, -0.1) is 0 Å². The van der Waals surface area contributed by atoms with Crippen LogP contribution in [0.2, 0.25) is 0 Å². The normalized spacial score (nSPS) is 10.7. The molecule has 126 valence electrons. The van der Waals surface area contributed by atoms with Gasteiger partial charge in [-0.05, 0) is 31.2 Å². The second-order valence-electron chi connectivity index (χ2n) is 5.99. The largest absolute Gasteiger partial charge is 0.382 e. The van der Waals surface area contributed by atoms with Crippen LogP contribution in [0.1, 0.15) is 27.6 Å². The van der Waals surface area contributed by atoms with Crippen LogP contribution in [0, 0.1) is 0 Å². The lowest BCUT2D eigenvalue weighted by molar-refractivity contribution is 0.0827. The monoisotopic (exact) mass is 334 g/mol. The number of ketones is 1. The number of hydrogen-bond acceptors (Lipinski definition) is 5. The van der Waals surface area contributed by atoms with Gasteiger partial charge in [0.2, 0.25) is 0 Å². The number of pyridine rings is 2. The fourth-order valence-electron chi connectivity index (χ4n) is 2.65. The molecule has 0 saturated heterocycles. The maximum absolute atomic E-state index is 12.2. The Balaban J connectivity index is 2.15. The molecule has 0 aliphatic heterocycles. The summed E-state index contributed by atoms with van der Waals surface area (Å²) in [5.41, 5.74) is 8.94. The van der Waals surface area contributed by atoms with E-state index >= 15 is 0 Å². The van der Waals surface area contributed by atoms with E-state index in [1.165, 1.54) is 18.0 Å². The predicted molar refractivity (Wildman–Crippen MR) is 97.4 cm³/mol. The first kappa shape index (κ1) is 16.6. The summed E-state index contributed by atoms with van der Waals surface area (Å²) in [6.45, 7) is 1.48. The first-order valence-electron chi connectivity index (χ1n) is 7.76. The zero-order chi connectivity index (χ0) is 18.1. The van der Waals surface area contributed by atoms with Crippen LogP contribution in [-0.4, -0.2) is 40.7 Å². The predicted octanol–water partition coefficient (Wildman–Crippen LogP) is 2.78. The van der Waals surface area contributed by atoms with Crippen LogP contribution in [0.25, 0.3) is 22.2 Å². The summed E-state index contributed by atoms with van der Waals surface area (Å²) in [4.78, 5) is 34.1. The molecule has 0 radical (unpaired) electrons. The number of amides is 1. The molecule has 25 heavy (non-hydrogen) atoms. The fraction of sp³-hybridized carbons (Fsp3) is 0.158. The van der Waals surface area contributed by atoms with Gasteiger partial charge < -0.3 is 10.6 Å². The number of aromatic nitrogens is 2. The van der Waals surface area contributed by atoms with Crippen LogP contribution in [0.4, 0.5) is 5.82 Å². The average Bonchev–Trinajstić information content (AvgIpc) is 2.61. The Hall–Kier alpha value is -3.28. The topological polar surface area (TPSA) is 89.2 Å². The lowest BCUT2D eigenvalue weighted by atomic mass is 10.0. The number of nitrogen functional groups attached to an aromatic ring is 1. The van der Waals surface area contributed by atoms with Crippen molar-refractivity contribution in [2.24, 2.45) is 0 Å². The number of nitrogens with zero attached hydrogens (tertiary/aromatic N) is 3. The molecule has 6 heteroatoms. The zero-order valence-electron chi connectivity index (χ0n) is 14.3. The van der Waals surface area contributed by atoms with Gasteiger partial charge in [0.25, 0.3) is 5.91 Å². The maximum atomic E-state index is 12.2. The smallest absolute Gasteiger partial charge is 0.253 e. The average molecular weight is 334 g/mol. The molecule has 6 nitrogen and oxygen atoms in total. The van der Waals surface area contributed by atoms with Gasteiger partial charge in [0.05, 0.1) is 5.69 Å². The van der Waals surface area contributed by atoms with Gasteiger partial charge in [-0.2, -0.15) is 0 Å². The van der Waals surface area contributed by atoms with E-state index in [1.54, 1.807) is 26.2 Å². The molecule has 0 fully saturated rings. The molecule has 3 aromatic rings. The molecular formula is C19H18N4O2. The highest BCUT2D eigenvalue weighted by Crippen LogP contribution is 2.26. The number of nitrogens with two attached hydrogens (primary N) is 1. The van der Waals surface area contributed by atoms with Crippen molar-refractivity contribution in [3.05, 3.63) is 53.7 Å². The van der Waals surface area contributed by atoms with Crippen LogP contribution >= 0.6 is 0 Å². The first-order valence-corrected chi connectivity index (χ1v) is 7.76. The third-order valence-electron chi connectivity index (χ3n) is 3.95. The van der Waals surface area contributed by atoms with Crippen LogP contribution in [-0.2, 0) is 0 Å². The van der Waals surface area contributed by atoms with Crippen molar-refractivity contribution < 1.29 is 9.59 Å². The second kappa shape index (κ2) is 6.32. The van der Waals surface area contributed by atoms with Crippen LogP contribution in [0.3, 0.4) is 0 Å². The summed E-state index contributed by atoms with van der Waals surface area (Å²) in [6.07, 6.45) is 1.47. The molecule has 0 saturated carbocycles. The van der Waals surface area contributed by atoms with Crippen molar-refractivity contribution in [3.63, 3.8) is 0 Å². The molecular weight excluding hydrogens is 316 g/mol. The van der Waals surface area contributed by atoms with Crippen molar-refractivity contribution in [1.29, 1.82) is 0 Å². The minimum atomic E-state index is -0.0920. The van der Waals surface area contributed by atoms with Gasteiger partial charge in [0.15, 0.2) is 5.78 Å². The Bertz CT molecular complexity index is 996. The number of anilines is 1. The van der Waals surface area contributed by atoms with E-state index in [4.69, 9.17) is 5.73 Å². The van der Waals surface area contributed by atoms with E-state index < -0.39 is 0 Å². The summed E-state index contributed by atoms with van der Waals surface area (Å²) >= 11 is 0. The molecule has 3 rings (SSSR count). The third kappa shape index (κ3) is 3.06. The van der Waals surface area contributed by atoms with Crippen LogP contribution in [0.15, 0.2) is 42.6 Å². The van der Waals surface area contributed by atoms with E-state index in [0.717, 1.165) is 5.56 Å². The number of benzene rings is 1. The number of carbonyl (C=O) groups is 2. The highest BCUT2D eigenvalue weighted by Gasteiger charge is 2.13. The van der Waals surface area contributed by atoms with Crippen LogP contribution in [0.5, 0.6) is 0 Å². The maximum Gasteiger partial charge on any atom is 0.253 e. The minimum absolute atomic E-state index is 0.0808. The third-order valence-corrected chi connectivity index (χ3v) is 3.95. The van der Waals surface area contributed by atoms with E-state index in [1.807, 2.05) is 24.3 Å². The summed E-state index contributed by atoms with van der Waals surface area (Å²) in [6, 6.07) is 10.9. The fourth-order valence-corrected chi connectivity index (χ4v) is 2.65. The molecule has 1 aromatic carbocycles. The van der Waals surface area contributed by atoms with E-state index in [0.29, 0.717) is 27.7 Å². The van der Waals surface area contributed by atoms with Gasteiger partial charge in [-0.25, -0.2) is 9.97 Å². The van der Waals surface area contributed by atoms with Crippen LogP contribution < -0.4 is 5.73 Å². The Labute approximate surface area is 145 Å². The molecule has 0 atom stereocenters. The van der Waals surface area contributed by atoms with Crippen molar-refractivity contribution in [3.8, 4) is 11.3 Å². The number of Topliss-reactive ketones (excluding diaryl/α,β-unsaturated/α-hetero) is 1. The Kier molecular flexibility index (Phi) is 4.19. The molecule has 1 amide bonds. The molecule has 2 aromatic heterocycles.